The number of nitrogens with one attached hydrogen (secondary N) is 1. The molecule has 0 aromatic carbocycles. The van der Waals surface area contributed by atoms with Crippen LogP contribution < -0.4 is 5.32 Å². The van der Waals surface area contributed by atoms with Crippen LogP contribution in [-0.2, 0) is 0 Å². The molecule has 0 fully saturated rings. The summed E-state index contributed by atoms with van der Waals surface area (Å²) in [5.41, 5.74) is 0. The summed E-state index contributed by atoms with van der Waals surface area (Å²) >= 11 is -0.340. The third-order valence-corrected chi connectivity index (χ3v) is 2.26. The Hall–Kier alpha value is 0.0725. The van der Waals surface area contributed by atoms with Crippen LogP contribution in [0.25, 0.3) is 0 Å². The topological polar surface area (TPSA) is 12.0 Å². The van der Waals surface area contributed by atoms with Gasteiger partial charge in [-0.1, -0.05) is 11.4 Å². The highest BCUT2D eigenvalue weighted by Gasteiger charge is 1.95. The van der Waals surface area contributed by atoms with E-state index in [0.717, 1.165) is 6.54 Å². The van der Waals surface area contributed by atoms with E-state index in [2.05, 4.69) is 36.1 Å². The first-order chi connectivity index (χ1) is 4.27. The normalized spacial score (nSPS) is 10.1. The smallest absolute Gasteiger partial charge is 0.259 e. The fraction of sp³-hybridized carbons (Fsp3) is 0.714. The van der Waals surface area contributed by atoms with Crippen LogP contribution in [0.3, 0.4) is 0 Å². The molecule has 2 heteroatoms. The molecular weight excluding hydrogens is 125 g/mol. The Morgan fingerprint density at radius 3 is 2.56 bits per heavy atom. The van der Waals surface area contributed by atoms with Crippen molar-refractivity contribution < 1.29 is 0 Å². The van der Waals surface area contributed by atoms with E-state index in [1.54, 1.807) is 0 Å². The molecule has 0 saturated heterocycles. The summed E-state index contributed by atoms with van der Waals surface area (Å²) in [5, 5.41) is 4.46. The molecule has 1 N–H and O–H groups in total. The molecule has 9 heavy (non-hydrogen) atoms. The van der Waals surface area contributed by atoms with Crippen LogP contribution in [0.4, 0.5) is 0 Å². The summed E-state index contributed by atoms with van der Waals surface area (Å²) < 4.78 is 0. The summed E-state index contributed by atoms with van der Waals surface area (Å²) in [6, 6.07) is 0. The van der Waals surface area contributed by atoms with Crippen LogP contribution in [0.1, 0.15) is 6.92 Å². The second-order valence-corrected chi connectivity index (χ2v) is 5.85. The highest BCUT2D eigenvalue weighted by Crippen LogP contribution is 1.90. The van der Waals surface area contributed by atoms with Gasteiger partial charge in [0.15, 0.2) is 0 Å². The van der Waals surface area contributed by atoms with E-state index in [1.807, 2.05) is 0 Å². The van der Waals surface area contributed by atoms with Gasteiger partial charge >= 0.3 is 0 Å². The van der Waals surface area contributed by atoms with E-state index in [0.29, 0.717) is 0 Å². The van der Waals surface area contributed by atoms with Gasteiger partial charge in [-0.05, 0) is 13.1 Å². The Balaban J connectivity index is 3.04. The first kappa shape index (κ1) is 9.07. The average Bonchev–Trinajstić information content (AvgIpc) is 1.80. The van der Waals surface area contributed by atoms with E-state index < -0.39 is 0 Å². The van der Waals surface area contributed by atoms with Gasteiger partial charge < -0.3 is 5.32 Å². The van der Waals surface area contributed by atoms with Gasteiger partial charge in [-0.2, -0.15) is 0 Å². The van der Waals surface area contributed by atoms with Crippen molar-refractivity contribution in [2.24, 2.45) is 0 Å². The molecule has 0 heterocycles. The van der Waals surface area contributed by atoms with Crippen molar-refractivity contribution in [2.75, 3.05) is 6.54 Å². The van der Waals surface area contributed by atoms with E-state index >= 15 is 0 Å². The van der Waals surface area contributed by atoms with E-state index in [-0.39, 0.29) is 14.1 Å². The standard InChI is InChI=1S/C5H10N.2CH3.Al/c1-3-5-6-4-2;;;/h3,5-6H,1,4H2,2H3;2*1H3;. The molecule has 0 unspecified atom stereocenters. The SMILES string of the molecule is CCNC=C[CH2][Al]([CH3])[CH3]. The maximum atomic E-state index is 3.15. The molecule has 0 aliphatic carbocycles. The molecular formula is C7H16AlN. The van der Waals surface area contributed by atoms with Gasteiger partial charge in [0.1, 0.15) is 0 Å². The van der Waals surface area contributed by atoms with Gasteiger partial charge in [0.25, 0.3) is 14.1 Å². The number of hydrogen-bond donors (Lipinski definition) is 1. The summed E-state index contributed by atoms with van der Waals surface area (Å²) in [5.74, 6) is 4.71. The molecule has 0 amide bonds. The zero-order valence-electron chi connectivity index (χ0n) is 6.65. The predicted octanol–water partition coefficient (Wildman–Crippen LogP) is 1.86. The van der Waals surface area contributed by atoms with Crippen LogP contribution >= 0.6 is 0 Å². The number of hydrogen-bond acceptors (Lipinski definition) is 1. The van der Waals surface area contributed by atoms with Crippen LogP contribution in [0.5, 0.6) is 0 Å². The molecule has 0 spiro atoms. The van der Waals surface area contributed by atoms with Crippen molar-refractivity contribution in [2.45, 2.75) is 23.8 Å². The monoisotopic (exact) mass is 141 g/mol. The summed E-state index contributed by atoms with van der Waals surface area (Å²) in [7, 11) is 0. The zero-order chi connectivity index (χ0) is 7.11. The third kappa shape index (κ3) is 8.07. The molecule has 0 saturated carbocycles. The Labute approximate surface area is 62.5 Å². The lowest BCUT2D eigenvalue weighted by Crippen LogP contribution is -2.02. The Bertz CT molecular complexity index is 79.0. The molecule has 0 radical (unpaired) electrons. The second-order valence-electron chi connectivity index (χ2n) is 2.59. The number of rotatable bonds is 4. The fourth-order valence-corrected chi connectivity index (χ4v) is 1.22. The van der Waals surface area contributed by atoms with Crippen LogP contribution in [-0.4, -0.2) is 20.7 Å². The molecule has 0 bridgehead atoms. The summed E-state index contributed by atoms with van der Waals surface area (Å²) in [6.07, 6.45) is 4.30. The lowest BCUT2D eigenvalue weighted by atomic mass is 10.6. The lowest BCUT2D eigenvalue weighted by molar-refractivity contribution is 0.917. The Morgan fingerprint density at radius 2 is 2.11 bits per heavy atom. The zero-order valence-corrected chi connectivity index (χ0v) is 7.80. The minimum atomic E-state index is -0.340. The van der Waals surface area contributed by atoms with Crippen molar-refractivity contribution in [3.8, 4) is 0 Å². The highest BCUT2D eigenvalue weighted by molar-refractivity contribution is 6.56. The molecule has 0 aromatic heterocycles. The van der Waals surface area contributed by atoms with E-state index in [4.69, 9.17) is 0 Å². The minimum absolute atomic E-state index is 0.340. The highest BCUT2D eigenvalue weighted by atomic mass is 27.2. The van der Waals surface area contributed by atoms with E-state index in [1.165, 1.54) is 5.28 Å². The second kappa shape index (κ2) is 6.20. The molecule has 0 rings (SSSR count). The average molecular weight is 141 g/mol. The van der Waals surface area contributed by atoms with Gasteiger partial charge in [-0.3, -0.25) is 0 Å². The fourth-order valence-electron chi connectivity index (χ4n) is 0.541. The van der Waals surface area contributed by atoms with Crippen molar-refractivity contribution in [3.05, 3.63) is 12.3 Å². The van der Waals surface area contributed by atoms with Crippen LogP contribution in [0.2, 0.25) is 16.9 Å². The first-order valence-electron chi connectivity index (χ1n) is 3.65. The number of allylic oxidation sites excluding steroid dienone is 1. The third-order valence-electron chi connectivity index (χ3n) is 1.05. The molecule has 0 aliphatic rings. The maximum absolute atomic E-state index is 3.15. The van der Waals surface area contributed by atoms with Crippen molar-refractivity contribution in [1.29, 1.82) is 0 Å². The van der Waals surface area contributed by atoms with Crippen molar-refractivity contribution >= 4 is 14.1 Å². The predicted molar refractivity (Wildman–Crippen MR) is 45.1 cm³/mol. The Kier molecular flexibility index (Phi) is 6.25. The summed E-state index contributed by atoms with van der Waals surface area (Å²) in [6.45, 7) is 3.15. The molecule has 52 valence electrons. The maximum Gasteiger partial charge on any atom is 0.259 e. The van der Waals surface area contributed by atoms with Gasteiger partial charge in [0, 0.05) is 6.54 Å². The van der Waals surface area contributed by atoms with E-state index in [9.17, 15) is 0 Å². The van der Waals surface area contributed by atoms with Crippen LogP contribution in [0, 0.1) is 0 Å². The molecule has 0 atom stereocenters. The van der Waals surface area contributed by atoms with Gasteiger partial charge in [0.2, 0.25) is 0 Å². The molecule has 0 aromatic rings. The summed E-state index contributed by atoms with van der Waals surface area (Å²) in [4.78, 5) is 0. The van der Waals surface area contributed by atoms with Crippen molar-refractivity contribution in [3.63, 3.8) is 0 Å². The van der Waals surface area contributed by atoms with Crippen molar-refractivity contribution in [1.82, 2.24) is 5.32 Å². The van der Waals surface area contributed by atoms with Crippen LogP contribution in [0.15, 0.2) is 12.3 Å². The van der Waals surface area contributed by atoms with Gasteiger partial charge in [-0.25, -0.2) is 0 Å². The quantitative estimate of drug-likeness (QED) is 0.589. The largest absolute Gasteiger partial charge is 0.391 e. The lowest BCUT2D eigenvalue weighted by Gasteiger charge is -1.92. The van der Waals surface area contributed by atoms with Gasteiger partial charge in [0.05, 0.1) is 0 Å². The first-order valence-corrected chi connectivity index (χ1v) is 6.78. The minimum Gasteiger partial charge on any atom is -0.391 e. The Morgan fingerprint density at radius 1 is 1.44 bits per heavy atom. The molecule has 0 aliphatic heterocycles. The van der Waals surface area contributed by atoms with Gasteiger partial charge in [-0.15, -0.1) is 11.6 Å². The molecule has 1 nitrogen and oxygen atoms in total.